The Morgan fingerprint density at radius 2 is 0.608 bits per heavy atom. The van der Waals surface area contributed by atoms with Crippen LogP contribution in [0.3, 0.4) is 0 Å². The molecule has 4 aromatic carbocycles. The van der Waals surface area contributed by atoms with E-state index in [1.807, 2.05) is 112 Å². The number of thioether (sulfide) groups is 1. The van der Waals surface area contributed by atoms with E-state index in [9.17, 15) is 58.2 Å². The number of ether oxygens (including phenoxy) is 14. The number of carbonyl (C=O) groups excluding carboxylic acids is 5. The summed E-state index contributed by atoms with van der Waals surface area (Å²) in [7, 11) is 9.27. The Balaban J connectivity index is 0.000000307. The number of esters is 1. The van der Waals surface area contributed by atoms with Crippen LogP contribution < -0.4 is 0 Å². The number of alkyl halides is 3. The summed E-state index contributed by atoms with van der Waals surface area (Å²) in [5.41, 5.74) is 10.8. The fourth-order valence-electron chi connectivity index (χ4n) is 11.5. The zero-order valence-electron chi connectivity index (χ0n) is 76.5. The van der Waals surface area contributed by atoms with Crippen LogP contribution in [0.2, 0.25) is 20.1 Å². The molecule has 0 saturated heterocycles. The van der Waals surface area contributed by atoms with Gasteiger partial charge in [0, 0.05) is 41.1 Å². The maximum absolute atomic E-state index is 12.2. The summed E-state index contributed by atoms with van der Waals surface area (Å²) in [5, 5.41) is 58.1. The van der Waals surface area contributed by atoms with Crippen LogP contribution >= 0.6 is 58.2 Å². The van der Waals surface area contributed by atoms with E-state index in [0.29, 0.717) is 82.9 Å². The standard InChI is InChI=1S/C23H26ClN3O6.C23H28ClN3O5.C23H28ClN3O4S.C22H23ClF3N3O4/c1-14-19(24)20(27(5)26-14)21(32-13-33-22(29)31-12-18(28)30-6)17(11-25)15-7-9-16(10-8-15)23(2,3)4;1-15-19(24)20(27(5)26-15)21(31-14-32-22(28)30-12-11-29-6)18(13-25)16-7-9-17(10-8-16)23(2,3)4;1-15-19(24)20(27(5)26-15)21(30-14-31-22(28)29-11-12-32-6)18(13-25)16-7-9-17(10-8-16)23(2,3)4;1-13-17(23)18(29(5)28-13)19(32-12-33-20(30)31-11-22(24,25)26)16(10-27)14-6-8-15(9-7-14)21(2,3)4/h7-10H,12-13H2,1-6H3;2*7-10H,11-12,14H2,1-6H3;6-9H,11-12H2,1-5H3/b21-17-;2*21-18-;19-16-. The predicted octanol–water partition coefficient (Wildman–Crippen LogP) is 20.5. The fraction of sp³-hybridized carbons (Fsp3) is 0.418. The quantitative estimate of drug-likeness (QED) is 0.0105. The average molecular weight is 1900 g/mol. The first-order valence-electron chi connectivity index (χ1n) is 39.5. The Labute approximate surface area is 777 Å². The van der Waals surface area contributed by atoms with Crippen LogP contribution in [-0.4, -0.2) is 162 Å². The zero-order chi connectivity index (χ0) is 97.5. The smallest absolute Gasteiger partial charge is 0.466 e. The SMILES string of the molecule is COC(=O)COC(=O)OCO/C(=C(/C#N)c1ccc(C(C)(C)C)cc1)c1c(Cl)c(C)nn1C.COCCOC(=O)OCO/C(=C(/C#N)c1ccc(C(C)(C)C)cc1)c1c(Cl)c(C)nn1C.CSCCOC(=O)OCO/C(=C(/C#N)c1ccc(C(C)(C)C)cc1)c1c(Cl)c(C)nn1C.Cc1nn(C)c(/C(OCOC(=O)OCC(F)(F)F)=C(\C#N)c2ccc(C(C)(C)C)cc2)c1Cl. The van der Waals surface area contributed by atoms with Crippen molar-refractivity contribution in [2.45, 2.75) is 139 Å². The number of rotatable bonds is 29. The van der Waals surface area contributed by atoms with Crippen LogP contribution in [0, 0.1) is 73.0 Å². The molecule has 0 saturated carbocycles. The largest absolute Gasteiger partial charge is 0.511 e. The Hall–Kier alpha value is -12.4. The molecule has 0 atom stereocenters. The van der Waals surface area contributed by atoms with E-state index in [-0.39, 0.29) is 97.5 Å². The van der Waals surface area contributed by atoms with Crippen molar-refractivity contribution in [3.8, 4) is 24.3 Å². The first kappa shape index (κ1) is 108. The number of methoxy groups -OCH3 is 2. The van der Waals surface area contributed by atoms with Gasteiger partial charge in [-0.3, -0.25) is 18.7 Å². The molecule has 39 heteroatoms. The maximum atomic E-state index is 12.2. The molecular formula is C91H105Cl4F3N12O19S. The average Bonchev–Trinajstić information content (AvgIpc) is 1.65. The summed E-state index contributed by atoms with van der Waals surface area (Å²) in [4.78, 5) is 57.7. The minimum atomic E-state index is -4.70. The van der Waals surface area contributed by atoms with Crippen LogP contribution in [0.25, 0.3) is 45.3 Å². The van der Waals surface area contributed by atoms with Gasteiger partial charge in [0.15, 0.2) is 36.3 Å². The van der Waals surface area contributed by atoms with Gasteiger partial charge in [-0.2, -0.15) is 66.4 Å². The monoisotopic (exact) mass is 1900 g/mol. The normalized spacial score (nSPS) is 12.1. The number of nitriles is 4. The summed E-state index contributed by atoms with van der Waals surface area (Å²) >= 11 is 27.3. The van der Waals surface area contributed by atoms with Crippen LogP contribution in [0.1, 0.15) is 173 Å². The second-order valence-electron chi connectivity index (χ2n) is 32.1. The van der Waals surface area contributed by atoms with Crippen LogP contribution in [0.5, 0.6) is 0 Å². The van der Waals surface area contributed by atoms with E-state index >= 15 is 0 Å². The van der Waals surface area contributed by atoms with Crippen LogP contribution in [0.15, 0.2) is 97.1 Å². The lowest BCUT2D eigenvalue weighted by Gasteiger charge is -2.19. The second kappa shape index (κ2) is 49.4. The summed E-state index contributed by atoms with van der Waals surface area (Å²) in [6.07, 6.45) is -7.27. The number of nitrogens with zero attached hydrogens (tertiary/aromatic N) is 12. The highest BCUT2D eigenvalue weighted by atomic mass is 35.5. The lowest BCUT2D eigenvalue weighted by molar-refractivity contribution is -0.167. The highest BCUT2D eigenvalue weighted by Crippen LogP contribution is 2.40. The second-order valence-corrected chi connectivity index (χ2v) is 34.6. The molecule has 0 unspecified atom stereocenters. The Morgan fingerprint density at radius 1 is 0.369 bits per heavy atom. The first-order valence-corrected chi connectivity index (χ1v) is 42.4. The van der Waals surface area contributed by atoms with Gasteiger partial charge in [0.25, 0.3) is 0 Å². The number of allylic oxidation sites excluding steroid dienone is 4. The van der Waals surface area contributed by atoms with Crippen molar-refractivity contribution in [2.24, 2.45) is 28.2 Å². The number of benzene rings is 4. The molecule has 0 aliphatic heterocycles. The Morgan fingerprint density at radius 3 is 0.808 bits per heavy atom. The molecule has 31 nitrogen and oxygen atoms in total. The minimum absolute atomic E-state index is 0.0265. The topological polar surface area (TPSA) is 381 Å². The summed E-state index contributed by atoms with van der Waals surface area (Å²) in [6.45, 7) is 27.7. The molecule has 4 aromatic heterocycles. The highest BCUT2D eigenvalue weighted by molar-refractivity contribution is 7.98. The Kier molecular flexibility index (Phi) is 41.1. The van der Waals surface area contributed by atoms with E-state index in [1.54, 1.807) is 79.8 Å². The number of aryl methyl sites for hydroxylation is 8. The van der Waals surface area contributed by atoms with E-state index in [2.05, 4.69) is 126 Å². The number of aromatic nitrogens is 8. The maximum Gasteiger partial charge on any atom is 0.511 e. The molecule has 0 spiro atoms. The predicted molar refractivity (Wildman–Crippen MR) is 484 cm³/mol. The van der Waals surface area contributed by atoms with Gasteiger partial charge in [-0.1, -0.05) is 227 Å². The molecule has 0 N–H and O–H groups in total. The van der Waals surface area contributed by atoms with E-state index < -0.39 is 77.2 Å². The Bertz CT molecular complexity index is 5410. The number of hydrogen-bond acceptors (Lipinski definition) is 28. The van der Waals surface area contributed by atoms with Gasteiger partial charge < -0.3 is 66.3 Å². The fourth-order valence-corrected chi connectivity index (χ4v) is 12.8. The molecule has 0 aliphatic rings. The van der Waals surface area contributed by atoms with Crippen LogP contribution in [0.4, 0.5) is 32.3 Å². The van der Waals surface area contributed by atoms with Gasteiger partial charge in [-0.25, -0.2) is 24.0 Å². The van der Waals surface area contributed by atoms with E-state index in [4.69, 9.17) is 93.8 Å². The minimum Gasteiger partial charge on any atom is -0.466 e. The van der Waals surface area contributed by atoms with Crippen molar-refractivity contribution in [3.63, 3.8) is 0 Å². The third kappa shape index (κ3) is 31.8. The molecule has 0 bridgehead atoms. The third-order valence-corrected chi connectivity index (χ3v) is 20.8. The van der Waals surface area contributed by atoms with Crippen molar-refractivity contribution >= 4 is 134 Å². The molecule has 0 radical (unpaired) electrons. The van der Waals surface area contributed by atoms with E-state index in [0.717, 1.165) is 29.4 Å². The van der Waals surface area contributed by atoms with Crippen molar-refractivity contribution in [1.82, 2.24) is 39.1 Å². The van der Waals surface area contributed by atoms with Gasteiger partial charge >= 0.3 is 36.8 Å². The van der Waals surface area contributed by atoms with Crippen molar-refractivity contribution in [1.29, 1.82) is 21.0 Å². The third-order valence-electron chi connectivity index (χ3n) is 18.4. The molecule has 4 heterocycles. The lowest BCUT2D eigenvalue weighted by atomic mass is 9.86. The van der Waals surface area contributed by atoms with Crippen molar-refractivity contribution in [2.75, 3.05) is 86.4 Å². The number of hydrogen-bond donors (Lipinski definition) is 0. The molecule has 8 rings (SSSR count). The zero-order valence-corrected chi connectivity index (χ0v) is 80.3. The summed E-state index contributed by atoms with van der Waals surface area (Å²) < 4.78 is 112. The lowest BCUT2D eigenvalue weighted by Crippen LogP contribution is -2.21. The van der Waals surface area contributed by atoms with Gasteiger partial charge in [0.05, 0.1) is 56.6 Å². The van der Waals surface area contributed by atoms with Gasteiger partial charge in [-0.15, -0.1) is 0 Å². The molecular weight excluding hydrogens is 1800 g/mol. The molecule has 0 amide bonds. The van der Waals surface area contributed by atoms with Gasteiger partial charge in [-0.05, 0) is 100 Å². The molecule has 698 valence electrons. The van der Waals surface area contributed by atoms with Crippen molar-refractivity contribution in [3.05, 3.63) is 207 Å². The van der Waals surface area contributed by atoms with Crippen LogP contribution in [-0.2, 0) is 121 Å². The number of carbonyl (C=O) groups is 5. The van der Waals surface area contributed by atoms with Crippen molar-refractivity contribution < 1.29 is 103 Å². The summed E-state index contributed by atoms with van der Waals surface area (Å²) in [5.74, 6) is 0.257. The molecule has 0 fully saturated rings. The highest BCUT2D eigenvalue weighted by Gasteiger charge is 2.33. The van der Waals surface area contributed by atoms with Gasteiger partial charge in [0.1, 0.15) is 82.6 Å². The number of halogens is 7. The molecule has 8 aromatic rings. The van der Waals surface area contributed by atoms with Gasteiger partial charge in [0.2, 0.25) is 27.2 Å². The first-order chi connectivity index (χ1) is 60.9. The molecule has 0 aliphatic carbocycles. The summed E-state index contributed by atoms with van der Waals surface area (Å²) in [6, 6.07) is 38.6. The molecule has 130 heavy (non-hydrogen) atoms. The van der Waals surface area contributed by atoms with E-state index in [1.165, 1.54) is 25.8 Å².